The molecular weight excluding hydrogens is 1170 g/mol. The number of nitrogens with zero attached hydrogens (tertiary/aromatic N) is 6. The highest BCUT2D eigenvalue weighted by molar-refractivity contribution is 6.27. The van der Waals surface area contributed by atoms with Crippen LogP contribution in [0.5, 0.6) is 0 Å². The Bertz CT molecular complexity index is 6290. The van der Waals surface area contributed by atoms with Crippen LogP contribution in [0.4, 0.5) is 5.69 Å². The van der Waals surface area contributed by atoms with E-state index < -0.39 is 0 Å². The zero-order chi connectivity index (χ0) is 63.4. The number of aromatic nitrogens is 5. The fraction of sp³-hybridized carbons (Fsp3) is 0. The van der Waals surface area contributed by atoms with E-state index in [-0.39, 0.29) is 0 Å². The van der Waals surface area contributed by atoms with E-state index in [4.69, 9.17) is 23.8 Å². The molecule has 0 saturated heterocycles. The molecule has 0 spiro atoms. The third-order valence-electron chi connectivity index (χ3n) is 19.0. The highest BCUT2D eigenvalue weighted by Crippen LogP contribution is 2.53. The van der Waals surface area contributed by atoms with E-state index in [1.54, 1.807) is 0 Å². The van der Waals surface area contributed by atoms with Crippen molar-refractivity contribution >= 4 is 93.2 Å². The van der Waals surface area contributed by atoms with E-state index in [0.717, 1.165) is 166 Å². The third-order valence-corrected chi connectivity index (χ3v) is 19.0. The summed E-state index contributed by atoms with van der Waals surface area (Å²) in [5, 5.41) is 7.84. The molecule has 0 N–H and O–H groups in total. The van der Waals surface area contributed by atoms with E-state index in [9.17, 15) is 6.57 Å². The lowest BCUT2D eigenvalue weighted by atomic mass is 9.95. The van der Waals surface area contributed by atoms with Crippen LogP contribution in [0.1, 0.15) is 0 Å². The molecule has 0 aliphatic heterocycles. The van der Waals surface area contributed by atoms with Crippen molar-refractivity contribution in [1.29, 1.82) is 0 Å². The molecule has 446 valence electrons. The lowest BCUT2D eigenvalue weighted by Crippen LogP contribution is -2.10. The van der Waals surface area contributed by atoms with Crippen molar-refractivity contribution in [2.45, 2.75) is 0 Å². The minimum absolute atomic E-state index is 0.388. The Morgan fingerprint density at radius 3 is 1.00 bits per heavy atom. The minimum atomic E-state index is 0.388. The largest absolute Gasteiger partial charge is 0.455 e. The van der Waals surface area contributed by atoms with Gasteiger partial charge in [-0.1, -0.05) is 237 Å². The van der Waals surface area contributed by atoms with Gasteiger partial charge in [0.2, 0.25) is 0 Å². The van der Waals surface area contributed by atoms with Gasteiger partial charge in [-0.2, -0.15) is 0 Å². The maximum atomic E-state index is 9.52. The van der Waals surface area contributed by atoms with Gasteiger partial charge in [-0.25, -0.2) is 19.8 Å². The maximum Gasteiger partial charge on any atom is 0.197 e. The van der Waals surface area contributed by atoms with Crippen LogP contribution in [0.25, 0.3) is 194 Å². The van der Waals surface area contributed by atoms with Gasteiger partial charge in [0.15, 0.2) is 23.2 Å². The Morgan fingerprint density at radius 2 is 0.604 bits per heavy atom. The molecule has 19 rings (SSSR count). The Labute approximate surface area is 551 Å². The topological polar surface area (TPSA) is 79.2 Å². The molecule has 8 nitrogen and oxygen atoms in total. The van der Waals surface area contributed by atoms with Crippen molar-refractivity contribution in [3.63, 3.8) is 0 Å². The first-order chi connectivity index (χ1) is 47.6. The predicted molar refractivity (Wildman–Crippen MR) is 393 cm³/mol. The SMILES string of the molecule is [C-]#[N+]c1cc(-c2nc(-c3ccccc3)nc(-c3ccccc3)n2)c(-n2c3ccc(-c4ccccc4)cc3c3c4oc5ccc(-c6ccccc6)cc5c4ccc32)c(-n2c3ccc(-c4ccccc4)cc3c3c4oc5ccc(-c6ccccc6)cc5c4ccc32)c1-c1ccccc1. The van der Waals surface area contributed by atoms with E-state index in [0.29, 0.717) is 28.7 Å². The van der Waals surface area contributed by atoms with Crippen molar-refractivity contribution in [2.24, 2.45) is 0 Å². The number of hydrogen-bond acceptors (Lipinski definition) is 5. The second-order valence-electron chi connectivity index (χ2n) is 24.4. The summed E-state index contributed by atoms with van der Waals surface area (Å²) in [6.07, 6.45) is 0. The molecule has 14 aromatic carbocycles. The summed E-state index contributed by atoms with van der Waals surface area (Å²) in [7, 11) is 0. The molecule has 0 atom stereocenters. The van der Waals surface area contributed by atoms with Gasteiger partial charge in [-0.3, -0.25) is 0 Å². The van der Waals surface area contributed by atoms with E-state index in [2.05, 4.69) is 257 Å². The fourth-order valence-electron chi connectivity index (χ4n) is 14.6. The first-order valence-corrected chi connectivity index (χ1v) is 32.2. The average Bonchev–Trinajstić information content (AvgIpc) is 1.51. The summed E-state index contributed by atoms with van der Waals surface area (Å²) < 4.78 is 19.4. The molecule has 5 heterocycles. The Kier molecular flexibility index (Phi) is 12.5. The summed E-state index contributed by atoms with van der Waals surface area (Å²) in [6.45, 7) is 9.52. The zero-order valence-electron chi connectivity index (χ0n) is 51.5. The van der Waals surface area contributed by atoms with Crippen LogP contribution >= 0.6 is 0 Å². The molecule has 0 saturated carbocycles. The summed E-state index contributed by atoms with van der Waals surface area (Å²) in [6, 6.07) is 110. The van der Waals surface area contributed by atoms with Crippen LogP contribution in [-0.4, -0.2) is 24.1 Å². The van der Waals surface area contributed by atoms with Gasteiger partial charge in [0.25, 0.3) is 0 Å². The van der Waals surface area contributed by atoms with Crippen molar-refractivity contribution in [2.75, 3.05) is 0 Å². The van der Waals surface area contributed by atoms with Crippen LogP contribution in [0.2, 0.25) is 0 Å². The van der Waals surface area contributed by atoms with Gasteiger partial charge in [0.05, 0.1) is 50.8 Å². The lowest BCUT2D eigenvalue weighted by Gasteiger charge is -2.25. The molecule has 0 aliphatic rings. The van der Waals surface area contributed by atoms with Crippen molar-refractivity contribution in [1.82, 2.24) is 24.1 Å². The van der Waals surface area contributed by atoms with Crippen LogP contribution in [0, 0.1) is 6.57 Å². The standard InChI is InChI=1S/C88H52N6O2/c1-89-72-53-71(88-91-86(59-33-19-7-20-34-59)90-87(92-88)60-35-21-8-22-36-60)82(93-73-43-37-61(54-23-9-2-10-24-54)51-69(73)80-75(93)45-41-65-67-49-63(56-27-13-4-14-28-56)39-47-77(67)95-84(65)80)83(79(72)58-31-17-6-18-32-58)94-74-44-38-62(55-25-11-3-12-26-55)52-70(74)81-76(94)46-42-66-68-50-64(57-29-15-5-16-30-57)40-48-78(68)96-85(66)81/h2-53H. The number of fused-ring (bicyclic) bond motifs is 14. The molecule has 0 fully saturated rings. The number of furan rings is 2. The average molecular weight is 1230 g/mol. The monoisotopic (exact) mass is 1220 g/mol. The fourth-order valence-corrected chi connectivity index (χ4v) is 14.6. The quantitative estimate of drug-likeness (QED) is 0.128. The van der Waals surface area contributed by atoms with Gasteiger partial charge in [0, 0.05) is 54.6 Å². The third kappa shape index (κ3) is 8.72. The van der Waals surface area contributed by atoms with Gasteiger partial charge in [-0.15, -0.1) is 0 Å². The first-order valence-electron chi connectivity index (χ1n) is 32.2. The second kappa shape index (κ2) is 22.0. The van der Waals surface area contributed by atoms with E-state index in [1.807, 2.05) is 72.8 Å². The van der Waals surface area contributed by atoms with E-state index in [1.165, 1.54) is 0 Å². The zero-order valence-corrected chi connectivity index (χ0v) is 51.5. The van der Waals surface area contributed by atoms with Crippen LogP contribution in [0.3, 0.4) is 0 Å². The number of hydrogen-bond donors (Lipinski definition) is 0. The molecule has 5 aromatic heterocycles. The maximum absolute atomic E-state index is 9.52. The summed E-state index contributed by atoms with van der Waals surface area (Å²) >= 11 is 0. The van der Waals surface area contributed by atoms with Crippen molar-refractivity contribution < 1.29 is 8.83 Å². The van der Waals surface area contributed by atoms with E-state index >= 15 is 0 Å². The molecule has 0 unspecified atom stereocenters. The van der Waals surface area contributed by atoms with Crippen molar-refractivity contribution in [3.05, 3.63) is 327 Å². The first kappa shape index (κ1) is 54.5. The molecule has 8 heteroatoms. The molecule has 0 amide bonds. The molecule has 19 aromatic rings. The van der Waals surface area contributed by atoms with Gasteiger partial charge in [0.1, 0.15) is 22.3 Å². The lowest BCUT2D eigenvalue weighted by molar-refractivity contribution is 0.672. The number of benzene rings is 14. The van der Waals surface area contributed by atoms with Gasteiger partial charge < -0.3 is 18.0 Å². The summed E-state index contributed by atoms with van der Waals surface area (Å²) in [4.78, 5) is 21.0. The molecule has 0 bridgehead atoms. The molecule has 0 radical (unpaired) electrons. The highest BCUT2D eigenvalue weighted by Gasteiger charge is 2.32. The molecule has 96 heavy (non-hydrogen) atoms. The summed E-state index contributed by atoms with van der Waals surface area (Å²) in [5.74, 6) is 1.37. The number of rotatable bonds is 10. The predicted octanol–water partition coefficient (Wildman–Crippen LogP) is 23.8. The second-order valence-corrected chi connectivity index (χ2v) is 24.4. The normalized spacial score (nSPS) is 11.7. The minimum Gasteiger partial charge on any atom is -0.455 e. The van der Waals surface area contributed by atoms with Gasteiger partial charge in [-0.05, 0) is 129 Å². The van der Waals surface area contributed by atoms with Crippen LogP contribution < -0.4 is 0 Å². The summed E-state index contributed by atoms with van der Waals surface area (Å²) in [5.41, 5.74) is 21.1. The van der Waals surface area contributed by atoms with Crippen LogP contribution in [-0.2, 0) is 0 Å². The highest BCUT2D eigenvalue weighted by atomic mass is 16.3. The van der Waals surface area contributed by atoms with Crippen LogP contribution in [0.15, 0.2) is 324 Å². The van der Waals surface area contributed by atoms with Crippen molar-refractivity contribution in [3.8, 4) is 101 Å². The molecule has 0 aliphatic carbocycles. The Morgan fingerprint density at radius 1 is 0.271 bits per heavy atom. The molecular formula is C88H52N6O2. The Balaban J connectivity index is 1.02. The Hall–Kier alpha value is -13.2. The van der Waals surface area contributed by atoms with Gasteiger partial charge >= 0.3 is 0 Å². The smallest absolute Gasteiger partial charge is 0.197 e.